The summed E-state index contributed by atoms with van der Waals surface area (Å²) in [5, 5.41) is 7.39. The first-order valence-electron chi connectivity index (χ1n) is 7.72. The maximum atomic E-state index is 12.8. The monoisotopic (exact) mass is 383 g/mol. The molecule has 26 heavy (non-hydrogen) atoms. The van der Waals surface area contributed by atoms with Crippen LogP contribution >= 0.6 is 11.3 Å². The maximum Gasteiger partial charge on any atom is 0.453 e. The minimum absolute atomic E-state index is 0.0302. The number of amides is 1. The molecule has 0 spiro atoms. The molecule has 138 valence electrons. The highest BCUT2D eigenvalue weighted by Gasteiger charge is 2.37. The van der Waals surface area contributed by atoms with E-state index >= 15 is 0 Å². The second kappa shape index (κ2) is 6.67. The molecule has 0 aliphatic rings. The molecule has 3 rings (SSSR count). The van der Waals surface area contributed by atoms with Gasteiger partial charge in [-0.25, -0.2) is 9.50 Å². The van der Waals surface area contributed by atoms with E-state index in [2.05, 4.69) is 15.1 Å². The van der Waals surface area contributed by atoms with E-state index in [1.165, 1.54) is 0 Å². The van der Waals surface area contributed by atoms with Crippen molar-refractivity contribution in [3.63, 3.8) is 0 Å². The number of nitrogens with zero attached hydrogens (tertiary/aromatic N) is 5. The highest BCUT2D eigenvalue weighted by molar-refractivity contribution is 7.07. The SMILES string of the molecule is Cc1nc2nc(C(F)(F)F)nn2c(C)c1CC(=O)N(C)Cc1ccsc1. The van der Waals surface area contributed by atoms with E-state index in [1.54, 1.807) is 37.1 Å². The molecule has 0 saturated carbocycles. The van der Waals surface area contributed by atoms with Crippen LogP contribution < -0.4 is 0 Å². The Kier molecular flexibility index (Phi) is 4.70. The van der Waals surface area contributed by atoms with Crippen molar-refractivity contribution >= 4 is 23.0 Å². The molecule has 1 amide bonds. The van der Waals surface area contributed by atoms with Gasteiger partial charge in [0.05, 0.1) is 6.42 Å². The molecule has 3 aromatic rings. The number of fused-ring (bicyclic) bond motifs is 1. The number of rotatable bonds is 4. The van der Waals surface area contributed by atoms with Gasteiger partial charge in [-0.1, -0.05) is 0 Å². The number of aromatic nitrogens is 4. The van der Waals surface area contributed by atoms with Gasteiger partial charge in [0.15, 0.2) is 0 Å². The van der Waals surface area contributed by atoms with Crippen molar-refractivity contribution < 1.29 is 18.0 Å². The number of aryl methyl sites for hydroxylation is 2. The molecule has 0 fully saturated rings. The molecule has 3 heterocycles. The Bertz CT molecular complexity index is 949. The molecule has 0 aromatic carbocycles. The first-order valence-corrected chi connectivity index (χ1v) is 8.66. The van der Waals surface area contributed by atoms with Gasteiger partial charge in [-0.2, -0.15) is 29.5 Å². The Labute approximate surface area is 151 Å². The van der Waals surface area contributed by atoms with Gasteiger partial charge in [-0.05, 0) is 36.2 Å². The maximum absolute atomic E-state index is 12.8. The van der Waals surface area contributed by atoms with Crippen molar-refractivity contribution in [2.45, 2.75) is 33.0 Å². The molecule has 0 aliphatic heterocycles. The normalized spacial score (nSPS) is 11.9. The van der Waals surface area contributed by atoms with Crippen molar-refractivity contribution in [3.05, 3.63) is 45.2 Å². The van der Waals surface area contributed by atoms with Crippen LogP contribution in [0.2, 0.25) is 0 Å². The number of hydrogen-bond donors (Lipinski definition) is 0. The largest absolute Gasteiger partial charge is 0.453 e. The molecule has 6 nitrogen and oxygen atoms in total. The average Bonchev–Trinajstić information content (AvgIpc) is 3.20. The molecule has 0 unspecified atom stereocenters. The third kappa shape index (κ3) is 3.55. The minimum Gasteiger partial charge on any atom is -0.341 e. The minimum atomic E-state index is -4.65. The van der Waals surface area contributed by atoms with Crippen LogP contribution in [0.25, 0.3) is 5.78 Å². The Balaban J connectivity index is 1.88. The zero-order valence-corrected chi connectivity index (χ0v) is 15.1. The Morgan fingerprint density at radius 2 is 2.04 bits per heavy atom. The lowest BCUT2D eigenvalue weighted by atomic mass is 10.1. The van der Waals surface area contributed by atoms with E-state index in [1.807, 2.05) is 16.8 Å². The summed E-state index contributed by atoms with van der Waals surface area (Å²) in [5.74, 6) is -1.53. The zero-order chi connectivity index (χ0) is 19.1. The van der Waals surface area contributed by atoms with E-state index in [-0.39, 0.29) is 18.1 Å². The first kappa shape index (κ1) is 18.3. The van der Waals surface area contributed by atoms with Crippen LogP contribution in [0.1, 0.15) is 28.3 Å². The third-order valence-corrected chi connectivity index (χ3v) is 4.79. The topological polar surface area (TPSA) is 63.4 Å². The molecule has 3 aromatic heterocycles. The zero-order valence-electron chi connectivity index (χ0n) is 14.3. The summed E-state index contributed by atoms with van der Waals surface area (Å²) >= 11 is 1.55. The van der Waals surface area contributed by atoms with Crippen LogP contribution in [-0.2, 0) is 23.9 Å². The fourth-order valence-corrected chi connectivity index (χ4v) is 3.27. The summed E-state index contributed by atoms with van der Waals surface area (Å²) in [6.07, 6.45) is -4.62. The third-order valence-electron chi connectivity index (χ3n) is 4.06. The smallest absolute Gasteiger partial charge is 0.341 e. The van der Waals surface area contributed by atoms with Crippen molar-refractivity contribution in [1.29, 1.82) is 0 Å². The van der Waals surface area contributed by atoms with Gasteiger partial charge in [0.1, 0.15) is 0 Å². The van der Waals surface area contributed by atoms with Gasteiger partial charge >= 0.3 is 6.18 Å². The Morgan fingerprint density at radius 1 is 1.31 bits per heavy atom. The second-order valence-corrected chi connectivity index (χ2v) is 6.74. The number of likely N-dealkylation sites (N-methyl/N-ethyl adjacent to an activating group) is 1. The van der Waals surface area contributed by atoms with Crippen molar-refractivity contribution in [3.8, 4) is 0 Å². The van der Waals surface area contributed by atoms with Crippen molar-refractivity contribution in [2.24, 2.45) is 0 Å². The Hall–Kier alpha value is -2.49. The summed E-state index contributed by atoms with van der Waals surface area (Å²) < 4.78 is 39.5. The average molecular weight is 383 g/mol. The highest BCUT2D eigenvalue weighted by Crippen LogP contribution is 2.27. The fourth-order valence-electron chi connectivity index (χ4n) is 2.62. The van der Waals surface area contributed by atoms with Crippen LogP contribution in [0.3, 0.4) is 0 Å². The van der Waals surface area contributed by atoms with Gasteiger partial charge in [0.2, 0.25) is 5.91 Å². The molecule has 0 aliphatic carbocycles. The van der Waals surface area contributed by atoms with E-state index in [0.29, 0.717) is 23.5 Å². The molecule has 0 atom stereocenters. The van der Waals surface area contributed by atoms with Crippen LogP contribution in [-0.4, -0.2) is 37.4 Å². The predicted molar refractivity (Wildman–Crippen MR) is 89.8 cm³/mol. The molecule has 0 bridgehead atoms. The van der Waals surface area contributed by atoms with Crippen LogP contribution in [0.4, 0.5) is 13.2 Å². The fraction of sp³-hybridized carbons (Fsp3) is 0.375. The lowest BCUT2D eigenvalue weighted by Crippen LogP contribution is -2.28. The van der Waals surface area contributed by atoms with Gasteiger partial charge in [0.25, 0.3) is 11.6 Å². The van der Waals surface area contributed by atoms with Crippen LogP contribution in [0.5, 0.6) is 0 Å². The molecule has 0 N–H and O–H groups in total. The van der Waals surface area contributed by atoms with Gasteiger partial charge in [-0.15, -0.1) is 5.10 Å². The number of thiophene rings is 1. The van der Waals surface area contributed by atoms with E-state index in [9.17, 15) is 18.0 Å². The van der Waals surface area contributed by atoms with E-state index in [4.69, 9.17) is 0 Å². The number of hydrogen-bond acceptors (Lipinski definition) is 5. The van der Waals surface area contributed by atoms with Gasteiger partial charge in [0, 0.05) is 30.5 Å². The summed E-state index contributed by atoms with van der Waals surface area (Å²) in [5.41, 5.74) is 2.47. The Morgan fingerprint density at radius 3 is 2.65 bits per heavy atom. The molecular weight excluding hydrogens is 367 g/mol. The number of alkyl halides is 3. The predicted octanol–water partition coefficient (Wildman–Crippen LogP) is 3.02. The summed E-state index contributed by atoms with van der Waals surface area (Å²) in [7, 11) is 1.69. The lowest BCUT2D eigenvalue weighted by Gasteiger charge is -2.18. The van der Waals surface area contributed by atoms with Crippen molar-refractivity contribution in [2.75, 3.05) is 7.05 Å². The number of carbonyl (C=O) groups is 1. The quantitative estimate of drug-likeness (QED) is 0.695. The number of carbonyl (C=O) groups excluding carboxylic acids is 1. The summed E-state index contributed by atoms with van der Waals surface area (Å²) in [6, 6.07) is 1.94. The number of halogens is 3. The summed E-state index contributed by atoms with van der Waals surface area (Å²) in [6.45, 7) is 3.73. The van der Waals surface area contributed by atoms with Crippen LogP contribution in [0, 0.1) is 13.8 Å². The van der Waals surface area contributed by atoms with Gasteiger partial charge < -0.3 is 4.90 Å². The lowest BCUT2D eigenvalue weighted by molar-refractivity contribution is -0.144. The second-order valence-electron chi connectivity index (χ2n) is 5.96. The molecule has 0 radical (unpaired) electrons. The van der Waals surface area contributed by atoms with E-state index in [0.717, 1.165) is 10.1 Å². The van der Waals surface area contributed by atoms with Gasteiger partial charge in [-0.3, -0.25) is 4.79 Å². The standard InChI is InChI=1S/C16H16F3N5OS/c1-9-12(6-13(25)23(3)7-11-4-5-26-8-11)10(2)24-15(20-9)21-14(22-24)16(17,18)19/h4-5,8H,6-7H2,1-3H3. The first-order chi connectivity index (χ1) is 12.2. The molecular formula is C16H16F3N5OS. The highest BCUT2D eigenvalue weighted by atomic mass is 32.1. The molecule has 10 heteroatoms. The molecule has 0 saturated heterocycles. The van der Waals surface area contributed by atoms with Crippen molar-refractivity contribution in [1.82, 2.24) is 24.5 Å². The van der Waals surface area contributed by atoms with E-state index < -0.39 is 12.0 Å². The van der Waals surface area contributed by atoms with Crippen LogP contribution in [0.15, 0.2) is 16.8 Å². The summed E-state index contributed by atoms with van der Waals surface area (Å²) in [4.78, 5) is 21.6.